The van der Waals surface area contributed by atoms with Crippen LogP contribution in [0.15, 0.2) is 12.4 Å². The van der Waals surface area contributed by atoms with Crippen LogP contribution in [0.2, 0.25) is 0 Å². The van der Waals surface area contributed by atoms with Crippen LogP contribution in [-0.2, 0) is 16.1 Å². The third-order valence-corrected chi connectivity index (χ3v) is 4.81. The number of rotatable bonds is 5. The second kappa shape index (κ2) is 7.27. The molecule has 2 atom stereocenters. The van der Waals surface area contributed by atoms with Gasteiger partial charge in [0.05, 0.1) is 24.9 Å². The first-order chi connectivity index (χ1) is 10.7. The van der Waals surface area contributed by atoms with Crippen molar-refractivity contribution in [1.82, 2.24) is 14.7 Å². The predicted octanol–water partition coefficient (Wildman–Crippen LogP) is 2.53. The average Bonchev–Trinajstić information content (AvgIpc) is 3.17. The highest BCUT2D eigenvalue weighted by atomic mass is 16.5. The molecule has 0 spiro atoms. The molecule has 2 aliphatic heterocycles. The summed E-state index contributed by atoms with van der Waals surface area (Å²) in [6, 6.07) is 0.296. The van der Waals surface area contributed by atoms with Crippen LogP contribution in [0.4, 0.5) is 0 Å². The van der Waals surface area contributed by atoms with E-state index in [-0.39, 0.29) is 0 Å². The fraction of sp³-hybridized carbons (Fsp3) is 0.765. The van der Waals surface area contributed by atoms with Crippen LogP contribution in [0.3, 0.4) is 0 Å². The smallest absolute Gasteiger partial charge is 0.222 e. The summed E-state index contributed by atoms with van der Waals surface area (Å²) in [5.74, 6) is 0.295. The number of carbonyl (C=O) groups is 1. The SMILES string of the molecule is Cc1cnn(C[C@H]2CCCCN2C(=O)CC[C@H]2CCCO2)c1. The predicted molar refractivity (Wildman–Crippen MR) is 84.5 cm³/mol. The summed E-state index contributed by atoms with van der Waals surface area (Å²) in [5.41, 5.74) is 1.17. The molecule has 3 heterocycles. The molecule has 5 heteroatoms. The van der Waals surface area contributed by atoms with E-state index in [1.165, 1.54) is 12.0 Å². The van der Waals surface area contributed by atoms with Gasteiger partial charge in [-0.05, 0) is 51.0 Å². The molecule has 0 saturated carbocycles. The number of nitrogens with zero attached hydrogens (tertiary/aromatic N) is 3. The van der Waals surface area contributed by atoms with E-state index in [4.69, 9.17) is 4.74 Å². The van der Waals surface area contributed by atoms with Gasteiger partial charge in [0.2, 0.25) is 5.91 Å². The van der Waals surface area contributed by atoms with Crippen LogP contribution in [0.1, 0.15) is 50.5 Å². The van der Waals surface area contributed by atoms with Gasteiger partial charge in [0.1, 0.15) is 0 Å². The number of hydrogen-bond donors (Lipinski definition) is 0. The van der Waals surface area contributed by atoms with E-state index < -0.39 is 0 Å². The number of ether oxygens (including phenoxy) is 1. The number of likely N-dealkylation sites (tertiary alicyclic amines) is 1. The molecule has 1 aromatic heterocycles. The van der Waals surface area contributed by atoms with E-state index >= 15 is 0 Å². The first kappa shape index (κ1) is 15.5. The van der Waals surface area contributed by atoms with Crippen molar-refractivity contribution in [3.63, 3.8) is 0 Å². The maximum Gasteiger partial charge on any atom is 0.222 e. The normalized spacial score (nSPS) is 25.6. The van der Waals surface area contributed by atoms with Crippen LogP contribution in [0.25, 0.3) is 0 Å². The lowest BCUT2D eigenvalue weighted by Crippen LogP contribution is -2.46. The number of carbonyl (C=O) groups excluding carboxylic acids is 1. The number of aromatic nitrogens is 2. The molecule has 2 saturated heterocycles. The quantitative estimate of drug-likeness (QED) is 0.840. The topological polar surface area (TPSA) is 47.4 Å². The lowest BCUT2D eigenvalue weighted by molar-refractivity contribution is -0.135. The molecule has 2 aliphatic rings. The Morgan fingerprint density at radius 3 is 3.00 bits per heavy atom. The van der Waals surface area contributed by atoms with Crippen molar-refractivity contribution in [3.05, 3.63) is 18.0 Å². The minimum atomic E-state index is 0.295. The summed E-state index contributed by atoms with van der Waals surface area (Å²) in [6.45, 7) is 4.63. The lowest BCUT2D eigenvalue weighted by Gasteiger charge is -2.36. The fourth-order valence-corrected chi connectivity index (χ4v) is 3.60. The molecule has 2 fully saturated rings. The molecular weight excluding hydrogens is 278 g/mol. The monoisotopic (exact) mass is 305 g/mol. The summed E-state index contributed by atoms with van der Waals surface area (Å²) in [6.07, 6.45) is 11.4. The molecule has 0 aromatic carbocycles. The molecule has 3 rings (SSSR count). The Labute approximate surface area is 132 Å². The zero-order valence-corrected chi connectivity index (χ0v) is 13.5. The van der Waals surface area contributed by atoms with E-state index in [0.29, 0.717) is 24.5 Å². The number of hydrogen-bond acceptors (Lipinski definition) is 3. The summed E-state index contributed by atoms with van der Waals surface area (Å²) in [5, 5.41) is 4.37. The Balaban J connectivity index is 1.55. The minimum absolute atomic E-state index is 0.295. The van der Waals surface area contributed by atoms with E-state index in [1.807, 2.05) is 10.9 Å². The number of amides is 1. The average molecular weight is 305 g/mol. The Bertz CT molecular complexity index is 494. The molecule has 22 heavy (non-hydrogen) atoms. The molecule has 0 bridgehead atoms. The molecule has 0 unspecified atom stereocenters. The maximum atomic E-state index is 12.6. The zero-order valence-electron chi connectivity index (χ0n) is 13.5. The van der Waals surface area contributed by atoms with Crippen LogP contribution in [0, 0.1) is 6.92 Å². The first-order valence-corrected chi connectivity index (χ1v) is 8.62. The van der Waals surface area contributed by atoms with Crippen LogP contribution in [-0.4, -0.2) is 45.9 Å². The lowest BCUT2D eigenvalue weighted by atomic mass is 10.0. The Morgan fingerprint density at radius 2 is 2.27 bits per heavy atom. The molecule has 0 N–H and O–H groups in total. The van der Waals surface area contributed by atoms with Crippen LogP contribution in [0.5, 0.6) is 0 Å². The Kier molecular flexibility index (Phi) is 5.13. The number of piperidine rings is 1. The van der Waals surface area contributed by atoms with Crippen LogP contribution >= 0.6 is 0 Å². The summed E-state index contributed by atoms with van der Waals surface area (Å²) >= 11 is 0. The highest BCUT2D eigenvalue weighted by Crippen LogP contribution is 2.22. The number of aryl methyl sites for hydroxylation is 1. The molecule has 1 aromatic rings. The second-order valence-corrected chi connectivity index (χ2v) is 6.65. The van der Waals surface area contributed by atoms with E-state index in [2.05, 4.69) is 23.1 Å². The maximum absolute atomic E-state index is 12.6. The summed E-state index contributed by atoms with van der Waals surface area (Å²) < 4.78 is 7.61. The van der Waals surface area contributed by atoms with E-state index in [1.54, 1.807) is 0 Å². The third kappa shape index (κ3) is 3.88. The largest absolute Gasteiger partial charge is 0.378 e. The van der Waals surface area contributed by atoms with Crippen molar-refractivity contribution in [2.45, 2.75) is 70.6 Å². The Morgan fingerprint density at radius 1 is 1.36 bits per heavy atom. The molecule has 0 radical (unpaired) electrons. The van der Waals surface area contributed by atoms with Gasteiger partial charge in [0.15, 0.2) is 0 Å². The molecular formula is C17H27N3O2. The summed E-state index contributed by atoms with van der Waals surface area (Å²) in [4.78, 5) is 14.7. The summed E-state index contributed by atoms with van der Waals surface area (Å²) in [7, 11) is 0. The van der Waals surface area contributed by atoms with Gasteiger partial charge in [-0.3, -0.25) is 9.48 Å². The van der Waals surface area contributed by atoms with Crippen molar-refractivity contribution in [2.75, 3.05) is 13.2 Å². The molecule has 1 amide bonds. The Hall–Kier alpha value is -1.36. The van der Waals surface area contributed by atoms with Crippen molar-refractivity contribution >= 4 is 5.91 Å². The van der Waals surface area contributed by atoms with Crippen LogP contribution < -0.4 is 0 Å². The van der Waals surface area contributed by atoms with E-state index in [9.17, 15) is 4.79 Å². The van der Waals surface area contributed by atoms with Gasteiger partial charge in [-0.2, -0.15) is 5.10 Å². The van der Waals surface area contributed by atoms with Gasteiger partial charge in [0.25, 0.3) is 0 Å². The van der Waals surface area contributed by atoms with Crippen molar-refractivity contribution in [2.24, 2.45) is 0 Å². The van der Waals surface area contributed by atoms with Gasteiger partial charge in [-0.25, -0.2) is 0 Å². The first-order valence-electron chi connectivity index (χ1n) is 8.62. The molecule has 0 aliphatic carbocycles. The van der Waals surface area contributed by atoms with Crippen molar-refractivity contribution in [3.8, 4) is 0 Å². The minimum Gasteiger partial charge on any atom is -0.378 e. The fourth-order valence-electron chi connectivity index (χ4n) is 3.60. The zero-order chi connectivity index (χ0) is 15.4. The van der Waals surface area contributed by atoms with Gasteiger partial charge in [0, 0.05) is 25.8 Å². The molecule has 5 nitrogen and oxygen atoms in total. The van der Waals surface area contributed by atoms with Crippen molar-refractivity contribution < 1.29 is 9.53 Å². The van der Waals surface area contributed by atoms with Gasteiger partial charge in [-0.1, -0.05) is 0 Å². The van der Waals surface area contributed by atoms with E-state index in [0.717, 1.165) is 51.8 Å². The second-order valence-electron chi connectivity index (χ2n) is 6.65. The van der Waals surface area contributed by atoms with Crippen molar-refractivity contribution in [1.29, 1.82) is 0 Å². The van der Waals surface area contributed by atoms with Gasteiger partial charge >= 0.3 is 0 Å². The highest BCUT2D eigenvalue weighted by molar-refractivity contribution is 5.76. The third-order valence-electron chi connectivity index (χ3n) is 4.81. The standard InChI is InChI=1S/C17H27N3O2/c1-14-11-18-19(12-14)13-15-5-2-3-9-20(15)17(21)8-7-16-6-4-10-22-16/h11-12,15-16H,2-10,13H2,1H3/t15-,16-/m1/s1. The van der Waals surface area contributed by atoms with Gasteiger partial charge < -0.3 is 9.64 Å². The highest BCUT2D eigenvalue weighted by Gasteiger charge is 2.28. The molecule has 122 valence electrons. The van der Waals surface area contributed by atoms with Gasteiger partial charge in [-0.15, -0.1) is 0 Å².